The molecule has 0 bridgehead atoms. The van der Waals surface area contributed by atoms with Crippen LogP contribution < -0.4 is 32.4 Å². The zero-order valence-corrected chi connectivity index (χ0v) is 27.0. The van der Waals surface area contributed by atoms with Crippen LogP contribution in [0.5, 0.6) is 0 Å². The van der Waals surface area contributed by atoms with E-state index in [2.05, 4.69) is 16.0 Å². The molecule has 0 aromatic heterocycles. The van der Waals surface area contributed by atoms with Gasteiger partial charge in [0.1, 0.15) is 6.04 Å². The number of hydrogen-bond acceptors (Lipinski definition) is 8. The lowest BCUT2D eigenvalue weighted by molar-refractivity contribution is -0.136. The molecule has 3 rings (SSSR count). The van der Waals surface area contributed by atoms with Gasteiger partial charge in [0.25, 0.3) is 5.91 Å². The number of benzene rings is 3. The van der Waals surface area contributed by atoms with E-state index in [1.165, 1.54) is 5.01 Å². The molecule has 0 aliphatic carbocycles. The van der Waals surface area contributed by atoms with Gasteiger partial charge in [-0.3, -0.25) is 24.4 Å². The van der Waals surface area contributed by atoms with Crippen LogP contribution in [0.4, 0.5) is 5.69 Å². The second-order valence-electron chi connectivity index (χ2n) is 10.3. The number of aryl methyl sites for hydroxylation is 1. The second kappa shape index (κ2) is 17.6. The maximum absolute atomic E-state index is 13.5. The Balaban J connectivity index is 1.72. The highest BCUT2D eigenvalue weighted by Gasteiger charge is 2.28. The molecule has 0 heterocycles. The molecule has 3 amide bonds. The van der Waals surface area contributed by atoms with E-state index in [-0.39, 0.29) is 18.4 Å². The average molecular weight is 640 g/mol. The monoisotopic (exact) mass is 639 g/mol. The van der Waals surface area contributed by atoms with Crippen molar-refractivity contribution >= 4 is 47.3 Å². The fourth-order valence-corrected chi connectivity index (χ4v) is 5.89. The van der Waals surface area contributed by atoms with Crippen molar-refractivity contribution in [3.05, 3.63) is 88.4 Å². The predicted octanol–water partition coefficient (Wildman–Crippen LogP) is 3.20. The molecule has 236 valence electrons. The van der Waals surface area contributed by atoms with Gasteiger partial charge in [0.15, 0.2) is 0 Å². The molecule has 12 heteroatoms. The Morgan fingerprint density at radius 2 is 1.66 bits per heavy atom. The summed E-state index contributed by atoms with van der Waals surface area (Å²) in [7, 11) is 3.45. The maximum atomic E-state index is 13.5. The number of hydrazine groups is 1. The summed E-state index contributed by atoms with van der Waals surface area (Å²) in [6.07, 6.45) is 1.76. The summed E-state index contributed by atoms with van der Waals surface area (Å²) in [5, 5.41) is 12.7. The first kappa shape index (κ1) is 34.9. The summed E-state index contributed by atoms with van der Waals surface area (Å²) < 4.78 is 0. The lowest BCUT2D eigenvalue weighted by Crippen LogP contribution is -2.58. The van der Waals surface area contributed by atoms with E-state index >= 15 is 0 Å². The number of hydrogen-bond donors (Lipinski definition) is 5. The van der Waals surface area contributed by atoms with Gasteiger partial charge in [-0.15, -0.1) is 0 Å². The normalized spacial score (nSPS) is 12.2. The quantitative estimate of drug-likeness (QED) is 0.112. The van der Waals surface area contributed by atoms with E-state index < -0.39 is 12.1 Å². The molecule has 0 saturated carbocycles. The molecule has 0 fully saturated rings. The van der Waals surface area contributed by atoms with Crippen molar-refractivity contribution in [3.8, 4) is 0 Å². The zero-order valence-electron chi connectivity index (χ0n) is 25.4. The van der Waals surface area contributed by atoms with Crippen molar-refractivity contribution < 1.29 is 14.4 Å². The van der Waals surface area contributed by atoms with Crippen LogP contribution in [0.25, 0.3) is 0 Å². The molecule has 10 nitrogen and oxygen atoms in total. The van der Waals surface area contributed by atoms with Gasteiger partial charge in [-0.05, 0) is 73.3 Å². The van der Waals surface area contributed by atoms with E-state index in [4.69, 9.17) is 23.1 Å². The number of carbonyl (C=O) groups excluding carboxylic acids is 3. The molecule has 0 unspecified atom stereocenters. The van der Waals surface area contributed by atoms with Crippen LogP contribution in [0, 0.1) is 6.92 Å². The molecular formula is C32H42ClN7O3S. The van der Waals surface area contributed by atoms with E-state index in [0.717, 1.165) is 32.2 Å². The van der Waals surface area contributed by atoms with Crippen LogP contribution in [0.2, 0.25) is 5.02 Å². The molecule has 44 heavy (non-hydrogen) atoms. The minimum Gasteiger partial charge on any atom is -0.355 e. The van der Waals surface area contributed by atoms with Gasteiger partial charge in [0.2, 0.25) is 12.3 Å². The first-order valence-electron chi connectivity index (χ1n) is 14.4. The third-order valence-electron chi connectivity index (χ3n) is 7.23. The molecule has 3 aromatic carbocycles. The largest absolute Gasteiger partial charge is 0.355 e. The lowest BCUT2D eigenvalue weighted by Gasteiger charge is -2.34. The molecule has 0 aliphatic heterocycles. The number of anilines is 1. The fourth-order valence-electron chi connectivity index (χ4n) is 4.64. The number of halogens is 1. The predicted molar refractivity (Wildman–Crippen MR) is 177 cm³/mol. The highest BCUT2D eigenvalue weighted by atomic mass is 35.5. The van der Waals surface area contributed by atoms with Gasteiger partial charge < -0.3 is 27.4 Å². The van der Waals surface area contributed by atoms with Crippen LogP contribution in [0.15, 0.2) is 76.5 Å². The highest BCUT2D eigenvalue weighted by Crippen LogP contribution is 2.34. The molecule has 3 aromatic rings. The van der Waals surface area contributed by atoms with Crippen molar-refractivity contribution in [2.45, 2.75) is 54.7 Å². The first-order valence-corrected chi connectivity index (χ1v) is 15.6. The van der Waals surface area contributed by atoms with Crippen LogP contribution in [0.3, 0.4) is 0 Å². The topological polar surface area (TPSA) is 146 Å². The molecule has 0 aliphatic rings. The van der Waals surface area contributed by atoms with Gasteiger partial charge in [0, 0.05) is 48.5 Å². The van der Waals surface area contributed by atoms with Gasteiger partial charge >= 0.3 is 0 Å². The number of likely N-dealkylation sites (N-methyl/N-ethyl adjacent to an activating group) is 1. The van der Waals surface area contributed by atoms with Crippen molar-refractivity contribution in [3.63, 3.8) is 0 Å². The number of nitrogens with one attached hydrogen (secondary N) is 3. The molecule has 2 atom stereocenters. The standard InChI is InChI=1S/C32H42ClN7O3S/c1-22-9-4-6-12-28(22)39(2)40(3)32(43)27(18-35)38-31(42)26(11-8-16-34)37-20-23-10-5-7-13-29(23)44-30-15-14-25(33)17-24(30)19-36-21-41/h4-7,9-10,12-15,17,21,26-27,37H,8,11,16,18-20,34-35H2,1-3H3,(H,36,41)(H,38,42)/t26-,27-/m0/s1. The lowest BCUT2D eigenvalue weighted by atomic mass is 10.1. The second-order valence-corrected chi connectivity index (χ2v) is 11.8. The third-order valence-corrected chi connectivity index (χ3v) is 8.70. The van der Waals surface area contributed by atoms with Crippen molar-refractivity contribution in [1.29, 1.82) is 0 Å². The van der Waals surface area contributed by atoms with Crippen LogP contribution in [-0.4, -0.2) is 62.5 Å². The minimum absolute atomic E-state index is 0.0536. The van der Waals surface area contributed by atoms with E-state index in [1.807, 2.05) is 73.7 Å². The van der Waals surface area contributed by atoms with Gasteiger partial charge in [-0.25, -0.2) is 0 Å². The van der Waals surface area contributed by atoms with Gasteiger partial charge in [-0.2, -0.15) is 0 Å². The molecule has 0 saturated heterocycles. The Kier molecular flexibility index (Phi) is 14.0. The summed E-state index contributed by atoms with van der Waals surface area (Å²) >= 11 is 7.76. The number of rotatable bonds is 17. The van der Waals surface area contributed by atoms with Crippen LogP contribution in [-0.2, 0) is 27.5 Å². The SMILES string of the molecule is Cc1ccccc1N(C)N(C)C(=O)[C@H](CN)NC(=O)[C@H](CCCN)NCc1ccccc1Sc1ccc(Cl)cc1CNC=O. The van der Waals surface area contributed by atoms with Crippen molar-refractivity contribution in [2.75, 3.05) is 32.2 Å². The van der Waals surface area contributed by atoms with E-state index in [1.54, 1.807) is 30.9 Å². The third kappa shape index (κ3) is 9.70. The molecule has 7 N–H and O–H groups in total. The molecule has 0 spiro atoms. The minimum atomic E-state index is -0.910. The van der Waals surface area contributed by atoms with E-state index in [9.17, 15) is 14.4 Å². The number of para-hydroxylation sites is 1. The summed E-state index contributed by atoms with van der Waals surface area (Å²) in [6, 6.07) is 19.7. The maximum Gasteiger partial charge on any atom is 0.264 e. The summed E-state index contributed by atoms with van der Waals surface area (Å²) in [5.74, 6) is -0.645. The van der Waals surface area contributed by atoms with Gasteiger partial charge in [0.05, 0.1) is 11.7 Å². The molecule has 0 radical (unpaired) electrons. The summed E-state index contributed by atoms with van der Waals surface area (Å²) in [5.41, 5.74) is 15.5. The number of nitrogens with two attached hydrogens (primary N) is 2. The van der Waals surface area contributed by atoms with Crippen LogP contribution >= 0.6 is 23.4 Å². The fraction of sp³-hybridized carbons (Fsp3) is 0.344. The van der Waals surface area contributed by atoms with Gasteiger partial charge in [-0.1, -0.05) is 59.8 Å². The van der Waals surface area contributed by atoms with Crippen molar-refractivity contribution in [1.82, 2.24) is 21.0 Å². The first-order chi connectivity index (χ1) is 21.2. The Hall–Kier alpha value is -3.61. The Morgan fingerprint density at radius 3 is 2.36 bits per heavy atom. The van der Waals surface area contributed by atoms with Crippen molar-refractivity contribution in [2.24, 2.45) is 11.5 Å². The average Bonchev–Trinajstić information content (AvgIpc) is 3.03. The van der Waals surface area contributed by atoms with E-state index in [0.29, 0.717) is 43.9 Å². The highest BCUT2D eigenvalue weighted by molar-refractivity contribution is 7.99. The number of amides is 3. The zero-order chi connectivity index (χ0) is 32.1. The summed E-state index contributed by atoms with van der Waals surface area (Å²) in [6.45, 7) is 3.09. The van der Waals surface area contributed by atoms with Crippen LogP contribution in [0.1, 0.15) is 29.5 Å². The Labute approximate surface area is 268 Å². The molecular weight excluding hydrogens is 598 g/mol. The smallest absolute Gasteiger partial charge is 0.264 e. The Morgan fingerprint density at radius 1 is 0.955 bits per heavy atom. The Bertz CT molecular complexity index is 1410. The number of nitrogens with zero attached hydrogens (tertiary/aromatic N) is 2. The number of carbonyl (C=O) groups is 3. The summed E-state index contributed by atoms with van der Waals surface area (Å²) in [4.78, 5) is 39.7.